The predicted molar refractivity (Wildman–Crippen MR) is 182 cm³/mol. The molecule has 1 aliphatic rings. The van der Waals surface area contributed by atoms with Gasteiger partial charge in [0, 0.05) is 56.8 Å². The smallest absolute Gasteiger partial charge is 0.0279 e. The Kier molecular flexibility index (Phi) is 10.1. The van der Waals surface area contributed by atoms with Gasteiger partial charge in [-0.25, -0.2) is 0 Å². The number of pyridine rings is 1. The van der Waals surface area contributed by atoms with Crippen LogP contribution in [0.1, 0.15) is 66.6 Å². The summed E-state index contributed by atoms with van der Waals surface area (Å²) in [6.45, 7) is 11.6. The van der Waals surface area contributed by atoms with Gasteiger partial charge in [0.1, 0.15) is 0 Å². The number of rotatable bonds is 4. The van der Waals surface area contributed by atoms with Gasteiger partial charge in [0.05, 0.1) is 0 Å². The highest BCUT2D eigenvalue weighted by atomic mass is 32.2. The quantitative estimate of drug-likeness (QED) is 0.177. The molecule has 1 fully saturated rings. The summed E-state index contributed by atoms with van der Waals surface area (Å²) in [4.78, 5) is 5.34. The van der Waals surface area contributed by atoms with Crippen LogP contribution < -0.4 is 0 Å². The monoisotopic (exact) mass is 577 g/mol. The minimum Gasteiger partial charge on any atom is -0.265 e. The molecule has 1 heterocycles. The molecule has 0 amide bonds. The maximum Gasteiger partial charge on any atom is 0.0279 e. The predicted octanol–water partition coefficient (Wildman–Crippen LogP) is 9.05. The second kappa shape index (κ2) is 14.3. The van der Waals surface area contributed by atoms with E-state index >= 15 is 0 Å². The molecule has 0 bridgehead atoms. The van der Waals surface area contributed by atoms with Crippen molar-refractivity contribution in [3.05, 3.63) is 130 Å². The minimum atomic E-state index is 0.471. The Morgan fingerprint density at radius 2 is 1.14 bits per heavy atom. The van der Waals surface area contributed by atoms with Gasteiger partial charge in [-0.1, -0.05) is 63.2 Å². The van der Waals surface area contributed by atoms with Gasteiger partial charge in [-0.15, -0.1) is 11.8 Å². The van der Waals surface area contributed by atoms with Crippen LogP contribution in [0.15, 0.2) is 96.2 Å². The van der Waals surface area contributed by atoms with Crippen LogP contribution >= 0.6 is 11.8 Å². The lowest BCUT2D eigenvalue weighted by Crippen LogP contribution is -2.10. The molecule has 0 radical (unpaired) electrons. The maximum absolute atomic E-state index is 4.08. The summed E-state index contributed by atoms with van der Waals surface area (Å²) in [7, 11) is 0. The number of aryl methyl sites for hydroxylation is 2. The molecule has 4 unspecified atom stereocenters. The second-order valence-electron chi connectivity index (χ2n) is 11.8. The van der Waals surface area contributed by atoms with E-state index in [1.54, 1.807) is 0 Å². The zero-order chi connectivity index (χ0) is 30.2. The number of benzene rings is 3. The highest BCUT2D eigenvalue weighted by molar-refractivity contribution is 7.99. The van der Waals surface area contributed by atoms with E-state index in [0.29, 0.717) is 17.8 Å². The highest BCUT2D eigenvalue weighted by Crippen LogP contribution is 2.44. The van der Waals surface area contributed by atoms with E-state index in [0.717, 1.165) is 57.4 Å². The van der Waals surface area contributed by atoms with E-state index in [1.807, 2.05) is 24.2 Å². The molecule has 4 aromatic rings. The molecule has 4 atom stereocenters. The molecule has 0 aliphatic heterocycles. The SMILES string of the molecule is Cc1cc(C#Cc2ccc(SCCc3ccncc3)cc2)ccc1C#Cc1ccc(C#CC2C(C)C(C)C(C)C2C)cc1. The Morgan fingerprint density at radius 1 is 0.605 bits per heavy atom. The van der Waals surface area contributed by atoms with Crippen molar-refractivity contribution < 1.29 is 0 Å². The number of hydrogen-bond donors (Lipinski definition) is 0. The van der Waals surface area contributed by atoms with Gasteiger partial charge in [0.2, 0.25) is 0 Å². The van der Waals surface area contributed by atoms with Crippen LogP contribution in [0.4, 0.5) is 0 Å². The Morgan fingerprint density at radius 3 is 1.77 bits per heavy atom. The van der Waals surface area contributed by atoms with E-state index in [1.165, 1.54) is 10.5 Å². The van der Waals surface area contributed by atoms with Crippen molar-refractivity contribution in [2.45, 2.75) is 45.9 Å². The summed E-state index contributed by atoms with van der Waals surface area (Å²) in [5.74, 6) is 24.6. The summed E-state index contributed by atoms with van der Waals surface area (Å²) in [6.07, 6.45) is 4.74. The molecule has 214 valence electrons. The normalized spacial score (nSPS) is 20.6. The minimum absolute atomic E-state index is 0.471. The lowest BCUT2D eigenvalue weighted by atomic mass is 9.90. The van der Waals surface area contributed by atoms with Crippen LogP contribution in [0.3, 0.4) is 0 Å². The fourth-order valence-electron chi connectivity index (χ4n) is 5.79. The summed E-state index contributed by atoms with van der Waals surface area (Å²) < 4.78 is 0. The zero-order valence-electron chi connectivity index (χ0n) is 25.8. The van der Waals surface area contributed by atoms with Gasteiger partial charge in [-0.3, -0.25) is 4.98 Å². The van der Waals surface area contributed by atoms with E-state index in [9.17, 15) is 0 Å². The van der Waals surface area contributed by atoms with Crippen LogP contribution in [0.5, 0.6) is 0 Å². The van der Waals surface area contributed by atoms with Crippen molar-refractivity contribution in [2.75, 3.05) is 5.75 Å². The first kappa shape index (κ1) is 30.3. The summed E-state index contributed by atoms with van der Waals surface area (Å²) in [5.41, 5.74) is 7.55. The van der Waals surface area contributed by atoms with Crippen LogP contribution in [0.25, 0.3) is 0 Å². The molecule has 0 N–H and O–H groups in total. The average molecular weight is 578 g/mol. The highest BCUT2D eigenvalue weighted by Gasteiger charge is 2.40. The van der Waals surface area contributed by atoms with Crippen molar-refractivity contribution in [2.24, 2.45) is 29.6 Å². The van der Waals surface area contributed by atoms with Crippen LogP contribution in [0, 0.1) is 72.0 Å². The van der Waals surface area contributed by atoms with Crippen molar-refractivity contribution >= 4 is 11.8 Å². The third-order valence-electron chi connectivity index (χ3n) is 9.07. The molecule has 0 spiro atoms. The summed E-state index contributed by atoms with van der Waals surface area (Å²) in [6, 6.07) is 27.2. The van der Waals surface area contributed by atoms with Crippen LogP contribution in [-0.4, -0.2) is 10.7 Å². The molecular formula is C41H39NS. The molecule has 1 aliphatic carbocycles. The average Bonchev–Trinajstić information content (AvgIpc) is 3.21. The number of thioether (sulfide) groups is 1. The van der Waals surface area contributed by atoms with Crippen molar-refractivity contribution in [3.63, 3.8) is 0 Å². The van der Waals surface area contributed by atoms with Gasteiger partial charge in [0.15, 0.2) is 0 Å². The largest absolute Gasteiger partial charge is 0.265 e. The molecule has 1 aromatic heterocycles. The molecule has 1 nitrogen and oxygen atoms in total. The first-order valence-corrected chi connectivity index (χ1v) is 16.2. The molecule has 5 rings (SSSR count). The van der Waals surface area contributed by atoms with Crippen molar-refractivity contribution in [3.8, 4) is 35.5 Å². The number of hydrogen-bond acceptors (Lipinski definition) is 2. The van der Waals surface area contributed by atoms with E-state index < -0.39 is 0 Å². The topological polar surface area (TPSA) is 12.9 Å². The maximum atomic E-state index is 4.08. The lowest BCUT2D eigenvalue weighted by molar-refractivity contribution is 0.352. The molecule has 0 saturated heterocycles. The van der Waals surface area contributed by atoms with Gasteiger partial charge in [0.25, 0.3) is 0 Å². The first-order chi connectivity index (χ1) is 20.9. The van der Waals surface area contributed by atoms with Gasteiger partial charge in [-0.05, 0) is 127 Å². The van der Waals surface area contributed by atoms with E-state index in [2.05, 4.69) is 154 Å². The van der Waals surface area contributed by atoms with Crippen molar-refractivity contribution in [1.82, 2.24) is 4.98 Å². The standard InChI is InChI=1S/C41H39NS/c1-29-28-38(11-10-36-14-19-40(20-15-36)43-27-24-37-22-25-42-26-23-37)13-18-39(29)17-12-34-6-8-35(9-7-34)16-21-41-32(4)30(2)31(3)33(41)5/h6-9,13-15,18-20,22-23,25-26,28,30-33,41H,24,27H2,1-5H3. The molecule has 1 saturated carbocycles. The first-order valence-electron chi connectivity index (χ1n) is 15.3. The van der Waals surface area contributed by atoms with Crippen molar-refractivity contribution in [1.29, 1.82) is 0 Å². The van der Waals surface area contributed by atoms with Gasteiger partial charge in [-0.2, -0.15) is 0 Å². The zero-order valence-corrected chi connectivity index (χ0v) is 26.6. The Hall–Kier alpha value is -4.16. The summed E-state index contributed by atoms with van der Waals surface area (Å²) in [5, 5.41) is 0. The fourth-order valence-corrected chi connectivity index (χ4v) is 6.70. The molecule has 2 heteroatoms. The Balaban J connectivity index is 1.16. The van der Waals surface area contributed by atoms with E-state index in [4.69, 9.17) is 0 Å². The van der Waals surface area contributed by atoms with Crippen LogP contribution in [0.2, 0.25) is 0 Å². The number of nitrogens with zero attached hydrogens (tertiary/aromatic N) is 1. The fraction of sp³-hybridized carbons (Fsp3) is 0.293. The second-order valence-corrected chi connectivity index (χ2v) is 13.0. The molecule has 43 heavy (non-hydrogen) atoms. The molecular weight excluding hydrogens is 539 g/mol. The lowest BCUT2D eigenvalue weighted by Gasteiger charge is -2.14. The van der Waals surface area contributed by atoms with Gasteiger partial charge >= 0.3 is 0 Å². The van der Waals surface area contributed by atoms with Gasteiger partial charge < -0.3 is 0 Å². The Labute approximate surface area is 263 Å². The Bertz CT molecular complexity index is 1700. The third kappa shape index (κ3) is 8.02. The summed E-state index contributed by atoms with van der Waals surface area (Å²) >= 11 is 1.86. The van der Waals surface area contributed by atoms with E-state index in [-0.39, 0.29) is 0 Å². The molecule has 3 aromatic carbocycles. The number of aromatic nitrogens is 1. The van der Waals surface area contributed by atoms with Crippen LogP contribution in [-0.2, 0) is 6.42 Å². The third-order valence-corrected chi connectivity index (χ3v) is 10.1.